The van der Waals surface area contributed by atoms with Gasteiger partial charge >= 0.3 is 11.8 Å². The van der Waals surface area contributed by atoms with Crippen molar-refractivity contribution in [1.29, 1.82) is 5.26 Å². The predicted octanol–water partition coefficient (Wildman–Crippen LogP) is 1.42. The topological polar surface area (TPSA) is 82.0 Å². The summed E-state index contributed by atoms with van der Waals surface area (Å²) in [5, 5.41) is 15.0. The van der Waals surface area contributed by atoms with Crippen LogP contribution in [0.15, 0.2) is 42.5 Å². The van der Waals surface area contributed by atoms with Gasteiger partial charge in [0.15, 0.2) is 0 Å². The number of nitrogens with one attached hydrogen (secondary N) is 2. The Morgan fingerprint density at radius 1 is 1.05 bits per heavy atom. The van der Waals surface area contributed by atoms with Crippen LogP contribution < -0.4 is 10.6 Å². The molecular formula is C14H11N3O2. The smallest absolute Gasteiger partial charge is 0.313 e. The van der Waals surface area contributed by atoms with E-state index in [1.807, 2.05) is 30.3 Å². The zero-order valence-electron chi connectivity index (χ0n) is 10.0. The molecule has 0 aliphatic rings. The number of nitriles is 1. The molecule has 2 aromatic rings. The van der Waals surface area contributed by atoms with Crippen LogP contribution >= 0.6 is 0 Å². The maximum absolute atomic E-state index is 11.5. The lowest BCUT2D eigenvalue weighted by Gasteiger charge is -2.05. The van der Waals surface area contributed by atoms with Crippen molar-refractivity contribution in [2.45, 2.75) is 0 Å². The number of carbonyl (C=O) groups is 2. The number of nitrogens with zero attached hydrogens (tertiary/aromatic N) is 1. The molecule has 2 rings (SSSR count). The van der Waals surface area contributed by atoms with Gasteiger partial charge in [0.25, 0.3) is 0 Å². The zero-order valence-corrected chi connectivity index (χ0v) is 10.0. The molecule has 0 aliphatic carbocycles. The summed E-state index contributed by atoms with van der Waals surface area (Å²) in [4.78, 5) is 22.8. The van der Waals surface area contributed by atoms with E-state index in [9.17, 15) is 9.59 Å². The molecular weight excluding hydrogens is 242 g/mol. The van der Waals surface area contributed by atoms with Crippen molar-refractivity contribution >= 4 is 28.3 Å². The number of benzene rings is 2. The van der Waals surface area contributed by atoms with Crippen molar-refractivity contribution in [3.05, 3.63) is 42.5 Å². The van der Waals surface area contributed by atoms with Crippen LogP contribution in [-0.4, -0.2) is 18.4 Å². The number of rotatable bonds is 2. The molecule has 0 unspecified atom stereocenters. The van der Waals surface area contributed by atoms with Crippen LogP contribution in [0, 0.1) is 11.3 Å². The predicted molar refractivity (Wildman–Crippen MR) is 71.2 cm³/mol. The van der Waals surface area contributed by atoms with Crippen molar-refractivity contribution < 1.29 is 9.59 Å². The molecule has 0 fully saturated rings. The average molecular weight is 253 g/mol. The fraction of sp³-hybridized carbons (Fsp3) is 0.0714. The van der Waals surface area contributed by atoms with E-state index in [1.165, 1.54) is 0 Å². The molecule has 5 heteroatoms. The molecule has 2 amide bonds. The maximum atomic E-state index is 11.5. The first-order chi connectivity index (χ1) is 9.20. The average Bonchev–Trinajstić information content (AvgIpc) is 2.44. The third-order valence-corrected chi connectivity index (χ3v) is 2.54. The summed E-state index contributed by atoms with van der Waals surface area (Å²) in [5.41, 5.74) is 0.538. The van der Waals surface area contributed by atoms with Gasteiger partial charge < -0.3 is 10.6 Å². The Balaban J connectivity index is 2.11. The first-order valence-corrected chi connectivity index (χ1v) is 5.65. The van der Waals surface area contributed by atoms with Crippen molar-refractivity contribution in [1.82, 2.24) is 5.32 Å². The minimum Gasteiger partial charge on any atom is -0.335 e. The molecule has 0 heterocycles. The van der Waals surface area contributed by atoms with E-state index in [-0.39, 0.29) is 6.54 Å². The molecule has 0 radical (unpaired) electrons. The van der Waals surface area contributed by atoms with Gasteiger partial charge in [0.2, 0.25) is 0 Å². The first kappa shape index (κ1) is 12.6. The second-order valence-electron chi connectivity index (χ2n) is 3.86. The summed E-state index contributed by atoms with van der Waals surface area (Å²) < 4.78 is 0. The Hall–Kier alpha value is -2.87. The lowest BCUT2D eigenvalue weighted by atomic mass is 10.1. The second-order valence-corrected chi connectivity index (χ2v) is 3.86. The molecule has 0 aromatic heterocycles. The molecule has 0 aliphatic heterocycles. The zero-order chi connectivity index (χ0) is 13.7. The Kier molecular flexibility index (Phi) is 3.74. The second kappa shape index (κ2) is 5.65. The van der Waals surface area contributed by atoms with Gasteiger partial charge in [-0.3, -0.25) is 9.59 Å². The molecule has 2 aromatic carbocycles. The van der Waals surface area contributed by atoms with Crippen LogP contribution in [0.2, 0.25) is 0 Å². The molecule has 94 valence electrons. The molecule has 0 bridgehead atoms. The largest absolute Gasteiger partial charge is 0.335 e. The third-order valence-electron chi connectivity index (χ3n) is 2.54. The molecule has 0 atom stereocenters. The number of fused-ring (bicyclic) bond motifs is 1. The lowest BCUT2D eigenvalue weighted by molar-refractivity contribution is -0.136. The monoisotopic (exact) mass is 253 g/mol. The highest BCUT2D eigenvalue weighted by Gasteiger charge is 2.12. The van der Waals surface area contributed by atoms with Crippen LogP contribution in [0.5, 0.6) is 0 Å². The summed E-state index contributed by atoms with van der Waals surface area (Å²) in [6.07, 6.45) is 0. The van der Waals surface area contributed by atoms with E-state index in [1.54, 1.807) is 18.2 Å². The Morgan fingerprint density at radius 3 is 2.53 bits per heavy atom. The van der Waals surface area contributed by atoms with Crippen LogP contribution in [0.3, 0.4) is 0 Å². The minimum atomic E-state index is -0.824. The van der Waals surface area contributed by atoms with Gasteiger partial charge in [-0.1, -0.05) is 30.3 Å². The van der Waals surface area contributed by atoms with Gasteiger partial charge in [0.1, 0.15) is 6.54 Å². The highest BCUT2D eigenvalue weighted by atomic mass is 16.2. The van der Waals surface area contributed by atoms with Crippen LogP contribution in [0.1, 0.15) is 0 Å². The highest BCUT2D eigenvalue weighted by Crippen LogP contribution is 2.18. The van der Waals surface area contributed by atoms with E-state index in [4.69, 9.17) is 5.26 Å². The molecule has 2 N–H and O–H groups in total. The molecule has 5 nitrogen and oxygen atoms in total. The van der Waals surface area contributed by atoms with E-state index in [0.29, 0.717) is 5.69 Å². The fourth-order valence-corrected chi connectivity index (χ4v) is 1.66. The highest BCUT2D eigenvalue weighted by molar-refractivity contribution is 6.39. The van der Waals surface area contributed by atoms with E-state index in [2.05, 4.69) is 10.6 Å². The van der Waals surface area contributed by atoms with Crippen molar-refractivity contribution in [2.24, 2.45) is 0 Å². The van der Waals surface area contributed by atoms with Crippen molar-refractivity contribution in [2.75, 3.05) is 11.9 Å². The summed E-state index contributed by atoms with van der Waals surface area (Å²) >= 11 is 0. The maximum Gasteiger partial charge on any atom is 0.313 e. The molecule has 19 heavy (non-hydrogen) atoms. The first-order valence-electron chi connectivity index (χ1n) is 5.65. The SMILES string of the molecule is N#CCNC(=O)C(=O)Nc1ccc2ccccc2c1. The number of hydrogen-bond donors (Lipinski definition) is 2. The van der Waals surface area contributed by atoms with Gasteiger partial charge in [-0.05, 0) is 22.9 Å². The summed E-state index contributed by atoms with van der Waals surface area (Å²) in [7, 11) is 0. The van der Waals surface area contributed by atoms with E-state index >= 15 is 0 Å². The Labute approximate surface area is 109 Å². The lowest BCUT2D eigenvalue weighted by Crippen LogP contribution is -2.35. The molecule has 0 saturated carbocycles. The summed E-state index contributed by atoms with van der Waals surface area (Å²) in [6, 6.07) is 14.8. The fourth-order valence-electron chi connectivity index (χ4n) is 1.66. The van der Waals surface area contributed by atoms with E-state index in [0.717, 1.165) is 10.8 Å². The third kappa shape index (κ3) is 3.07. The van der Waals surface area contributed by atoms with Crippen LogP contribution in [0.25, 0.3) is 10.8 Å². The van der Waals surface area contributed by atoms with Gasteiger partial charge in [-0.25, -0.2) is 0 Å². The van der Waals surface area contributed by atoms with Crippen molar-refractivity contribution in [3.8, 4) is 6.07 Å². The summed E-state index contributed by atoms with van der Waals surface area (Å²) in [6.45, 7) is -0.191. The number of carbonyl (C=O) groups excluding carboxylic acids is 2. The van der Waals surface area contributed by atoms with Gasteiger partial charge in [0.05, 0.1) is 6.07 Å². The molecule has 0 spiro atoms. The minimum absolute atomic E-state index is 0.191. The number of amides is 2. The van der Waals surface area contributed by atoms with Gasteiger partial charge in [-0.15, -0.1) is 0 Å². The van der Waals surface area contributed by atoms with Crippen LogP contribution in [0.4, 0.5) is 5.69 Å². The van der Waals surface area contributed by atoms with Crippen LogP contribution in [-0.2, 0) is 9.59 Å². The Bertz CT molecular complexity index is 674. The number of anilines is 1. The molecule has 0 saturated heterocycles. The van der Waals surface area contributed by atoms with E-state index < -0.39 is 11.8 Å². The quantitative estimate of drug-likeness (QED) is 0.627. The normalized spacial score (nSPS) is 9.63. The Morgan fingerprint density at radius 2 is 1.79 bits per heavy atom. The van der Waals surface area contributed by atoms with Crippen molar-refractivity contribution in [3.63, 3.8) is 0 Å². The van der Waals surface area contributed by atoms with Gasteiger partial charge in [-0.2, -0.15) is 5.26 Å². The summed E-state index contributed by atoms with van der Waals surface area (Å²) in [5.74, 6) is -1.61. The van der Waals surface area contributed by atoms with Gasteiger partial charge in [0, 0.05) is 5.69 Å². The number of hydrogen-bond acceptors (Lipinski definition) is 3. The standard InChI is InChI=1S/C14H11N3O2/c15-7-8-16-13(18)14(19)17-12-6-5-10-3-1-2-4-11(10)9-12/h1-6,9H,8H2,(H,16,18)(H,17,19).